The number of hydrogen-bond donors (Lipinski definition) is 1. The van der Waals surface area contributed by atoms with Gasteiger partial charge in [-0.1, -0.05) is 40.2 Å². The fourth-order valence-electron chi connectivity index (χ4n) is 2.89. The summed E-state index contributed by atoms with van der Waals surface area (Å²) in [7, 11) is 0. The highest BCUT2D eigenvalue weighted by Gasteiger charge is 2.10. The number of carbonyl (C=O) groups is 1. The first-order valence-electron chi connectivity index (χ1n) is 9.00. The van der Waals surface area contributed by atoms with Crippen molar-refractivity contribution in [3.05, 3.63) is 98.8 Å². The van der Waals surface area contributed by atoms with Crippen LogP contribution >= 0.6 is 15.9 Å². The number of benzene rings is 3. The average molecular weight is 455 g/mol. The van der Waals surface area contributed by atoms with E-state index < -0.39 is 11.7 Å². The lowest BCUT2D eigenvalue weighted by molar-refractivity contribution is 0.0951. The summed E-state index contributed by atoms with van der Waals surface area (Å²) in [5, 5.41) is 3.94. The van der Waals surface area contributed by atoms with E-state index in [4.69, 9.17) is 4.74 Å². The van der Waals surface area contributed by atoms with E-state index in [1.54, 1.807) is 6.07 Å². The Bertz CT molecular complexity index is 1030. The van der Waals surface area contributed by atoms with E-state index in [0.29, 0.717) is 6.61 Å². The van der Waals surface area contributed by atoms with Crippen molar-refractivity contribution in [3.63, 3.8) is 0 Å². The molecule has 6 heteroatoms. The van der Waals surface area contributed by atoms with Crippen molar-refractivity contribution >= 4 is 28.1 Å². The molecule has 0 aliphatic heterocycles. The number of rotatable bonds is 6. The first kappa shape index (κ1) is 20.7. The molecule has 0 atom stereocenters. The number of aryl methyl sites for hydroxylation is 2. The van der Waals surface area contributed by atoms with Gasteiger partial charge in [-0.05, 0) is 72.5 Å². The molecule has 29 heavy (non-hydrogen) atoms. The van der Waals surface area contributed by atoms with Gasteiger partial charge in [-0.25, -0.2) is 9.82 Å². The molecule has 0 bridgehead atoms. The van der Waals surface area contributed by atoms with Crippen LogP contribution in [0.4, 0.5) is 4.39 Å². The topological polar surface area (TPSA) is 50.7 Å². The van der Waals surface area contributed by atoms with E-state index in [9.17, 15) is 9.18 Å². The summed E-state index contributed by atoms with van der Waals surface area (Å²) in [6, 6.07) is 17.6. The van der Waals surface area contributed by atoms with Gasteiger partial charge < -0.3 is 4.74 Å². The number of hydrogen-bond acceptors (Lipinski definition) is 3. The molecular weight excluding hydrogens is 435 g/mol. The zero-order valence-electron chi connectivity index (χ0n) is 16.1. The predicted molar refractivity (Wildman–Crippen MR) is 116 cm³/mol. The van der Waals surface area contributed by atoms with Gasteiger partial charge in [0.25, 0.3) is 5.91 Å². The second-order valence-corrected chi connectivity index (χ2v) is 7.49. The molecule has 0 aromatic heterocycles. The number of ether oxygens (including phenoxy) is 1. The van der Waals surface area contributed by atoms with Crippen LogP contribution < -0.4 is 10.2 Å². The van der Waals surface area contributed by atoms with E-state index >= 15 is 0 Å². The third-order valence-electron chi connectivity index (χ3n) is 4.28. The first-order valence-corrected chi connectivity index (χ1v) is 9.80. The highest BCUT2D eigenvalue weighted by atomic mass is 79.9. The SMILES string of the molecule is Cc1cc(/C=N\NC(=O)c2ccccc2F)cc(C)c1OCc1ccc(Br)cc1. The summed E-state index contributed by atoms with van der Waals surface area (Å²) >= 11 is 3.42. The molecule has 3 aromatic rings. The molecule has 0 saturated carbocycles. The Morgan fingerprint density at radius 1 is 1.10 bits per heavy atom. The maximum absolute atomic E-state index is 13.6. The van der Waals surface area contributed by atoms with E-state index in [-0.39, 0.29) is 5.56 Å². The molecule has 0 aliphatic carbocycles. The van der Waals surface area contributed by atoms with Crippen LogP contribution in [0.1, 0.15) is 32.6 Å². The van der Waals surface area contributed by atoms with Crippen LogP contribution in [0.25, 0.3) is 0 Å². The summed E-state index contributed by atoms with van der Waals surface area (Å²) in [6.45, 7) is 4.39. The largest absolute Gasteiger partial charge is 0.488 e. The molecule has 0 saturated heterocycles. The number of hydrazone groups is 1. The van der Waals surface area contributed by atoms with Gasteiger partial charge in [-0.15, -0.1) is 0 Å². The van der Waals surface area contributed by atoms with Crippen LogP contribution in [0.15, 0.2) is 70.2 Å². The van der Waals surface area contributed by atoms with E-state index in [1.165, 1.54) is 24.4 Å². The molecule has 4 nitrogen and oxygen atoms in total. The monoisotopic (exact) mass is 454 g/mol. The van der Waals surface area contributed by atoms with Crippen LogP contribution in [0.5, 0.6) is 5.75 Å². The lowest BCUT2D eigenvalue weighted by Gasteiger charge is -2.13. The molecule has 0 heterocycles. The maximum atomic E-state index is 13.6. The third-order valence-corrected chi connectivity index (χ3v) is 4.81. The van der Waals surface area contributed by atoms with Crippen molar-refractivity contribution in [1.29, 1.82) is 0 Å². The standard InChI is InChI=1S/C23H20BrFN2O2/c1-15-11-18(13-26-27-23(28)20-5-3-4-6-21(20)25)12-16(2)22(15)29-14-17-7-9-19(24)10-8-17/h3-13H,14H2,1-2H3,(H,27,28)/b26-13-. The first-order chi connectivity index (χ1) is 13.9. The van der Waals surface area contributed by atoms with Crippen molar-refractivity contribution in [1.82, 2.24) is 5.43 Å². The average Bonchev–Trinajstić information content (AvgIpc) is 2.69. The van der Waals surface area contributed by atoms with Crippen LogP contribution in [0, 0.1) is 19.7 Å². The van der Waals surface area contributed by atoms with E-state index in [0.717, 1.165) is 32.5 Å². The zero-order chi connectivity index (χ0) is 20.8. The Balaban J connectivity index is 1.65. The summed E-state index contributed by atoms with van der Waals surface area (Å²) in [5.74, 6) is -0.359. The normalized spacial score (nSPS) is 10.9. The van der Waals surface area contributed by atoms with Crippen molar-refractivity contribution in [3.8, 4) is 5.75 Å². The van der Waals surface area contributed by atoms with Crippen molar-refractivity contribution in [2.45, 2.75) is 20.5 Å². The Labute approximate surface area is 177 Å². The highest BCUT2D eigenvalue weighted by Crippen LogP contribution is 2.25. The Hall–Kier alpha value is -2.99. The summed E-state index contributed by atoms with van der Waals surface area (Å²) in [5.41, 5.74) is 6.11. The molecule has 0 fully saturated rings. The number of carbonyl (C=O) groups excluding carboxylic acids is 1. The van der Waals surface area contributed by atoms with E-state index in [1.807, 2.05) is 50.2 Å². The van der Waals surface area contributed by atoms with Crippen molar-refractivity contribution < 1.29 is 13.9 Å². The van der Waals surface area contributed by atoms with E-state index in [2.05, 4.69) is 26.5 Å². The van der Waals surface area contributed by atoms with Crippen molar-refractivity contribution in [2.75, 3.05) is 0 Å². The number of amides is 1. The predicted octanol–water partition coefficient (Wildman–Crippen LogP) is 5.55. The molecule has 0 aliphatic rings. The highest BCUT2D eigenvalue weighted by molar-refractivity contribution is 9.10. The van der Waals surface area contributed by atoms with Crippen LogP contribution in [-0.2, 0) is 6.61 Å². The zero-order valence-corrected chi connectivity index (χ0v) is 17.7. The fraction of sp³-hybridized carbons (Fsp3) is 0.130. The number of halogens is 2. The minimum Gasteiger partial charge on any atom is -0.488 e. The molecule has 1 amide bonds. The molecule has 0 radical (unpaired) electrons. The molecule has 0 unspecified atom stereocenters. The molecule has 1 N–H and O–H groups in total. The molecule has 3 rings (SSSR count). The van der Waals surface area contributed by atoms with Crippen LogP contribution in [0.3, 0.4) is 0 Å². The van der Waals surface area contributed by atoms with Gasteiger partial charge in [-0.2, -0.15) is 5.10 Å². The lowest BCUT2D eigenvalue weighted by atomic mass is 10.1. The number of nitrogens with zero attached hydrogens (tertiary/aromatic N) is 1. The molecule has 148 valence electrons. The number of nitrogens with one attached hydrogen (secondary N) is 1. The fourth-order valence-corrected chi connectivity index (χ4v) is 3.16. The quantitative estimate of drug-likeness (QED) is 0.392. The van der Waals surface area contributed by atoms with Gasteiger partial charge in [0.2, 0.25) is 0 Å². The third kappa shape index (κ3) is 5.51. The molecule has 3 aromatic carbocycles. The minimum atomic E-state index is -0.595. The van der Waals surface area contributed by atoms with Gasteiger partial charge in [0.15, 0.2) is 0 Å². The summed E-state index contributed by atoms with van der Waals surface area (Å²) < 4.78 is 20.6. The smallest absolute Gasteiger partial charge is 0.274 e. The maximum Gasteiger partial charge on any atom is 0.274 e. The Morgan fingerprint density at radius 2 is 1.76 bits per heavy atom. The van der Waals surface area contributed by atoms with Crippen molar-refractivity contribution in [2.24, 2.45) is 5.10 Å². The van der Waals surface area contributed by atoms with Gasteiger partial charge >= 0.3 is 0 Å². The summed E-state index contributed by atoms with van der Waals surface area (Å²) in [6.07, 6.45) is 1.53. The molecular formula is C23H20BrFN2O2. The van der Waals surface area contributed by atoms with Gasteiger partial charge in [0, 0.05) is 4.47 Å². The Kier molecular flexibility index (Phi) is 6.77. The van der Waals surface area contributed by atoms with Gasteiger partial charge in [-0.3, -0.25) is 4.79 Å². The second kappa shape index (κ2) is 9.47. The van der Waals surface area contributed by atoms with Gasteiger partial charge in [0.1, 0.15) is 18.2 Å². The Morgan fingerprint density at radius 3 is 2.41 bits per heavy atom. The van der Waals surface area contributed by atoms with Crippen LogP contribution in [-0.4, -0.2) is 12.1 Å². The van der Waals surface area contributed by atoms with Crippen LogP contribution in [0.2, 0.25) is 0 Å². The van der Waals surface area contributed by atoms with Gasteiger partial charge in [0.05, 0.1) is 11.8 Å². The minimum absolute atomic E-state index is 0.0475. The molecule has 0 spiro atoms. The lowest BCUT2D eigenvalue weighted by Crippen LogP contribution is -2.18. The summed E-state index contributed by atoms with van der Waals surface area (Å²) in [4.78, 5) is 12.0. The second-order valence-electron chi connectivity index (χ2n) is 6.58.